The quantitative estimate of drug-likeness (QED) is 0.292. The van der Waals surface area contributed by atoms with Crippen LogP contribution < -0.4 is 10.6 Å². The normalized spacial score (nSPS) is 18.5. The van der Waals surface area contributed by atoms with Crippen LogP contribution in [0.1, 0.15) is 72.1 Å². The maximum absolute atomic E-state index is 11.9. The number of hydrogen-bond acceptors (Lipinski definition) is 6. The number of unbranched alkanes of at least 4 members (excludes halogenated alkanes) is 2. The largest absolute Gasteiger partial charge is 0.468 e. The predicted molar refractivity (Wildman–Crippen MR) is 112 cm³/mol. The van der Waals surface area contributed by atoms with Crippen molar-refractivity contribution < 1.29 is 14.3 Å². The Hall–Kier alpha value is -0.400. The first-order valence-corrected chi connectivity index (χ1v) is 12.1. The molecule has 2 unspecified atom stereocenters. The minimum Gasteiger partial charge on any atom is -0.468 e. The van der Waals surface area contributed by atoms with Gasteiger partial charge in [-0.2, -0.15) is 0 Å². The lowest BCUT2D eigenvalue weighted by atomic mass is 10.0. The molecule has 26 heavy (non-hydrogen) atoms. The zero-order valence-corrected chi connectivity index (χ0v) is 18.4. The van der Waals surface area contributed by atoms with E-state index in [-0.39, 0.29) is 23.5 Å². The van der Waals surface area contributed by atoms with Crippen LogP contribution in [0.4, 0.5) is 0 Å². The molecule has 0 aromatic rings. The summed E-state index contributed by atoms with van der Waals surface area (Å²) in [6.45, 7) is 6.78. The SMILES string of the molecule is COC(=O)C(CCCCNC(=O)CCCCC1CCSS1)NC(C)(C)C. The average Bonchev–Trinajstić information content (AvgIpc) is 3.09. The summed E-state index contributed by atoms with van der Waals surface area (Å²) in [4.78, 5) is 23.7. The Labute approximate surface area is 166 Å². The second kappa shape index (κ2) is 12.9. The monoisotopic (exact) mass is 404 g/mol. The van der Waals surface area contributed by atoms with Crippen LogP contribution in [0.5, 0.6) is 0 Å². The fourth-order valence-corrected chi connectivity index (χ4v) is 5.95. The molecular formula is C19H36N2O3S2. The van der Waals surface area contributed by atoms with Crippen LogP contribution in [0.3, 0.4) is 0 Å². The van der Waals surface area contributed by atoms with Crippen LogP contribution in [-0.4, -0.2) is 48.1 Å². The highest BCUT2D eigenvalue weighted by Gasteiger charge is 2.23. The van der Waals surface area contributed by atoms with Crippen molar-refractivity contribution in [1.82, 2.24) is 10.6 Å². The Morgan fingerprint density at radius 3 is 2.58 bits per heavy atom. The van der Waals surface area contributed by atoms with E-state index >= 15 is 0 Å². The second-order valence-corrected chi connectivity index (χ2v) is 10.7. The molecule has 0 aromatic heterocycles. The van der Waals surface area contributed by atoms with Gasteiger partial charge in [-0.1, -0.05) is 28.0 Å². The van der Waals surface area contributed by atoms with Gasteiger partial charge in [0.25, 0.3) is 0 Å². The smallest absolute Gasteiger partial charge is 0.322 e. The Morgan fingerprint density at radius 1 is 1.19 bits per heavy atom. The lowest BCUT2D eigenvalue weighted by Crippen LogP contribution is -2.48. The molecule has 1 saturated heterocycles. The molecule has 1 amide bonds. The molecule has 1 fully saturated rings. The molecule has 0 aromatic carbocycles. The summed E-state index contributed by atoms with van der Waals surface area (Å²) in [5.74, 6) is 1.20. The van der Waals surface area contributed by atoms with Gasteiger partial charge in [-0.05, 0) is 59.3 Å². The maximum atomic E-state index is 11.9. The molecule has 0 spiro atoms. The lowest BCUT2D eigenvalue weighted by molar-refractivity contribution is -0.143. The van der Waals surface area contributed by atoms with Gasteiger partial charge in [0.2, 0.25) is 5.91 Å². The number of amides is 1. The van der Waals surface area contributed by atoms with Gasteiger partial charge in [-0.15, -0.1) is 0 Å². The van der Waals surface area contributed by atoms with Gasteiger partial charge in [0.1, 0.15) is 6.04 Å². The molecule has 0 radical (unpaired) electrons. The van der Waals surface area contributed by atoms with E-state index in [1.54, 1.807) is 0 Å². The summed E-state index contributed by atoms with van der Waals surface area (Å²) in [7, 11) is 5.40. The zero-order valence-electron chi connectivity index (χ0n) is 16.8. The molecular weight excluding hydrogens is 368 g/mol. The number of carbonyl (C=O) groups is 2. The van der Waals surface area contributed by atoms with Crippen molar-refractivity contribution in [3.63, 3.8) is 0 Å². The standard InChI is InChI=1S/C19H36N2O3S2/c1-19(2,3)21-16(18(23)24-4)10-7-8-13-20-17(22)11-6-5-9-15-12-14-25-26-15/h15-16,21H,5-14H2,1-4H3,(H,20,22). The summed E-state index contributed by atoms with van der Waals surface area (Å²) >= 11 is 0. The third-order valence-electron chi connectivity index (χ3n) is 4.24. The van der Waals surface area contributed by atoms with Crippen molar-refractivity contribution >= 4 is 33.5 Å². The minimum atomic E-state index is -0.290. The van der Waals surface area contributed by atoms with E-state index in [1.165, 1.54) is 25.7 Å². The van der Waals surface area contributed by atoms with Crippen molar-refractivity contribution in [2.75, 3.05) is 19.4 Å². The van der Waals surface area contributed by atoms with Crippen LogP contribution in [0.25, 0.3) is 0 Å². The van der Waals surface area contributed by atoms with Gasteiger partial charge in [-0.3, -0.25) is 14.9 Å². The maximum Gasteiger partial charge on any atom is 0.322 e. The number of methoxy groups -OCH3 is 1. The summed E-state index contributed by atoms with van der Waals surface area (Å²) in [6.07, 6.45) is 7.77. The van der Waals surface area contributed by atoms with Crippen LogP contribution in [-0.2, 0) is 14.3 Å². The van der Waals surface area contributed by atoms with Crippen LogP contribution in [0, 0.1) is 0 Å². The van der Waals surface area contributed by atoms with E-state index in [0.717, 1.165) is 37.4 Å². The number of carbonyl (C=O) groups excluding carboxylic acids is 2. The Kier molecular flexibility index (Phi) is 11.7. The lowest BCUT2D eigenvalue weighted by Gasteiger charge is -2.26. The topological polar surface area (TPSA) is 67.4 Å². The van der Waals surface area contributed by atoms with E-state index < -0.39 is 0 Å². The molecule has 0 aliphatic carbocycles. The number of rotatable bonds is 12. The average molecular weight is 405 g/mol. The Morgan fingerprint density at radius 2 is 1.96 bits per heavy atom. The summed E-state index contributed by atoms with van der Waals surface area (Å²) < 4.78 is 4.87. The van der Waals surface area contributed by atoms with Gasteiger partial charge in [0.15, 0.2) is 0 Å². The molecule has 2 N–H and O–H groups in total. The van der Waals surface area contributed by atoms with E-state index in [0.29, 0.717) is 13.0 Å². The number of esters is 1. The van der Waals surface area contributed by atoms with Gasteiger partial charge < -0.3 is 10.1 Å². The number of ether oxygens (including phenoxy) is 1. The van der Waals surface area contributed by atoms with Crippen molar-refractivity contribution in [2.24, 2.45) is 0 Å². The number of nitrogens with one attached hydrogen (secondary N) is 2. The molecule has 1 aliphatic heterocycles. The van der Waals surface area contributed by atoms with E-state index in [4.69, 9.17) is 4.74 Å². The van der Waals surface area contributed by atoms with E-state index in [9.17, 15) is 9.59 Å². The van der Waals surface area contributed by atoms with Crippen LogP contribution in [0.2, 0.25) is 0 Å². The highest BCUT2D eigenvalue weighted by atomic mass is 33.1. The first-order valence-electron chi connectivity index (χ1n) is 9.72. The third kappa shape index (κ3) is 11.3. The summed E-state index contributed by atoms with van der Waals surface area (Å²) in [5.41, 5.74) is -0.136. The van der Waals surface area contributed by atoms with Gasteiger partial charge in [0, 0.05) is 29.5 Å². The Bertz CT molecular complexity index is 421. The zero-order chi connectivity index (χ0) is 19.4. The highest BCUT2D eigenvalue weighted by Crippen LogP contribution is 2.39. The van der Waals surface area contributed by atoms with Crippen molar-refractivity contribution in [1.29, 1.82) is 0 Å². The van der Waals surface area contributed by atoms with Crippen molar-refractivity contribution in [3.05, 3.63) is 0 Å². The second-order valence-electron chi connectivity index (χ2n) is 7.89. The van der Waals surface area contributed by atoms with Crippen LogP contribution in [0.15, 0.2) is 0 Å². The molecule has 152 valence electrons. The van der Waals surface area contributed by atoms with E-state index in [1.807, 2.05) is 42.4 Å². The van der Waals surface area contributed by atoms with Gasteiger partial charge >= 0.3 is 5.97 Å². The third-order valence-corrected chi connectivity index (χ3v) is 7.25. The fraction of sp³-hybridized carbons (Fsp3) is 0.895. The minimum absolute atomic E-state index is 0.136. The first kappa shape index (κ1) is 23.6. The van der Waals surface area contributed by atoms with Crippen molar-refractivity contribution in [3.8, 4) is 0 Å². The molecule has 1 rings (SSSR count). The summed E-state index contributed by atoms with van der Waals surface area (Å²) in [6, 6.07) is -0.290. The fourth-order valence-electron chi connectivity index (χ4n) is 2.93. The van der Waals surface area contributed by atoms with Crippen LogP contribution >= 0.6 is 21.6 Å². The molecule has 1 aliphatic rings. The summed E-state index contributed by atoms with van der Waals surface area (Å²) in [5, 5.41) is 7.09. The number of hydrogen-bond donors (Lipinski definition) is 2. The first-order chi connectivity index (χ1) is 12.3. The molecule has 0 bridgehead atoms. The highest BCUT2D eigenvalue weighted by molar-refractivity contribution is 8.77. The molecule has 1 heterocycles. The molecule has 2 atom stereocenters. The van der Waals surface area contributed by atoms with Gasteiger partial charge in [0.05, 0.1) is 7.11 Å². The molecule has 7 heteroatoms. The van der Waals surface area contributed by atoms with Gasteiger partial charge in [-0.25, -0.2) is 0 Å². The predicted octanol–water partition coefficient (Wildman–Crippen LogP) is 3.92. The molecule has 5 nitrogen and oxygen atoms in total. The van der Waals surface area contributed by atoms with E-state index in [2.05, 4.69) is 10.6 Å². The van der Waals surface area contributed by atoms with Crippen molar-refractivity contribution in [2.45, 2.75) is 89.0 Å². The Balaban J connectivity index is 2.06. The molecule has 0 saturated carbocycles.